The number of para-hydroxylation sites is 2. The Morgan fingerprint density at radius 2 is 1.86 bits per heavy atom. The molecular formula is C21H15BrCl2N2O2. The van der Waals surface area contributed by atoms with Crippen molar-refractivity contribution in [2.24, 2.45) is 0 Å². The summed E-state index contributed by atoms with van der Waals surface area (Å²) in [7, 11) is 1.61. The van der Waals surface area contributed by atoms with Crippen LogP contribution in [0.15, 0.2) is 59.1 Å². The topological polar surface area (TPSA) is 47.1 Å². The fraction of sp³-hybridized carbons (Fsp3) is 0.0952. The lowest BCUT2D eigenvalue weighted by atomic mass is 10.2. The maximum absolute atomic E-state index is 6.08. The van der Waals surface area contributed by atoms with Gasteiger partial charge in [0.25, 0.3) is 0 Å². The van der Waals surface area contributed by atoms with Crippen LogP contribution in [0.5, 0.6) is 11.5 Å². The molecule has 0 unspecified atom stereocenters. The zero-order chi connectivity index (χ0) is 19.7. The van der Waals surface area contributed by atoms with Crippen LogP contribution in [0, 0.1) is 0 Å². The molecule has 4 aromatic rings. The molecule has 0 aliphatic rings. The number of H-pyrrole nitrogens is 1. The Morgan fingerprint density at radius 1 is 1.04 bits per heavy atom. The highest BCUT2D eigenvalue weighted by Gasteiger charge is 2.15. The van der Waals surface area contributed by atoms with Crippen molar-refractivity contribution in [3.05, 3.63) is 74.7 Å². The maximum atomic E-state index is 6.08. The molecule has 0 saturated heterocycles. The molecule has 7 heteroatoms. The molecule has 142 valence electrons. The third-order valence-corrected chi connectivity index (χ3v) is 5.59. The number of imidazole rings is 1. The Balaban J connectivity index is 1.64. The van der Waals surface area contributed by atoms with Gasteiger partial charge in [-0.05, 0) is 57.9 Å². The largest absolute Gasteiger partial charge is 0.493 e. The fourth-order valence-corrected chi connectivity index (χ4v) is 3.75. The van der Waals surface area contributed by atoms with Crippen molar-refractivity contribution < 1.29 is 9.47 Å². The minimum atomic E-state index is 0.329. The molecule has 28 heavy (non-hydrogen) atoms. The van der Waals surface area contributed by atoms with E-state index in [4.69, 9.17) is 32.7 Å². The lowest BCUT2D eigenvalue weighted by Gasteiger charge is -2.14. The second-order valence-electron chi connectivity index (χ2n) is 6.13. The van der Waals surface area contributed by atoms with Gasteiger partial charge in [-0.1, -0.05) is 41.4 Å². The number of aromatic amines is 1. The molecule has 0 bridgehead atoms. The number of halogens is 3. The molecular weight excluding hydrogens is 463 g/mol. The molecule has 4 nitrogen and oxygen atoms in total. The van der Waals surface area contributed by atoms with Gasteiger partial charge in [0.15, 0.2) is 11.5 Å². The average molecular weight is 478 g/mol. The van der Waals surface area contributed by atoms with Crippen LogP contribution in [0.2, 0.25) is 10.0 Å². The lowest BCUT2D eigenvalue weighted by molar-refractivity contribution is 0.282. The van der Waals surface area contributed by atoms with Crippen LogP contribution in [-0.2, 0) is 6.61 Å². The standard InChI is InChI=1S/C21H15BrCl2N2O2/c1-27-19-10-13(21-25-17-4-2-3-5-18(17)26-21)9-14(22)20(19)28-11-12-6-7-15(23)16(24)8-12/h2-10H,11H2,1H3,(H,25,26). The summed E-state index contributed by atoms with van der Waals surface area (Å²) < 4.78 is 12.3. The minimum Gasteiger partial charge on any atom is -0.493 e. The van der Waals surface area contributed by atoms with E-state index in [1.54, 1.807) is 19.2 Å². The van der Waals surface area contributed by atoms with Crippen molar-refractivity contribution >= 4 is 50.2 Å². The van der Waals surface area contributed by atoms with Crippen molar-refractivity contribution in [3.63, 3.8) is 0 Å². The molecule has 0 aliphatic carbocycles. The van der Waals surface area contributed by atoms with E-state index in [9.17, 15) is 0 Å². The number of nitrogens with one attached hydrogen (secondary N) is 1. The highest BCUT2D eigenvalue weighted by molar-refractivity contribution is 9.10. The van der Waals surface area contributed by atoms with Crippen molar-refractivity contribution in [2.75, 3.05) is 7.11 Å². The molecule has 4 rings (SSSR count). The number of rotatable bonds is 5. The maximum Gasteiger partial charge on any atom is 0.175 e. The van der Waals surface area contributed by atoms with E-state index < -0.39 is 0 Å². The first kappa shape index (κ1) is 19.1. The number of aromatic nitrogens is 2. The van der Waals surface area contributed by atoms with Crippen molar-refractivity contribution in [2.45, 2.75) is 6.61 Å². The first-order valence-electron chi connectivity index (χ1n) is 8.44. The van der Waals surface area contributed by atoms with Gasteiger partial charge >= 0.3 is 0 Å². The second kappa shape index (κ2) is 8.03. The van der Waals surface area contributed by atoms with Crippen LogP contribution in [0.3, 0.4) is 0 Å². The predicted molar refractivity (Wildman–Crippen MR) is 117 cm³/mol. The first-order chi connectivity index (χ1) is 13.5. The Bertz CT molecular complexity index is 1130. The number of nitrogens with zero attached hydrogens (tertiary/aromatic N) is 1. The SMILES string of the molecule is COc1cc(-c2nc3ccccc3[nH]2)cc(Br)c1OCc1ccc(Cl)c(Cl)c1. The van der Waals surface area contributed by atoms with Gasteiger partial charge in [-0.25, -0.2) is 4.98 Å². The van der Waals surface area contributed by atoms with Gasteiger partial charge in [0.2, 0.25) is 0 Å². The second-order valence-corrected chi connectivity index (χ2v) is 7.80. The van der Waals surface area contributed by atoms with E-state index in [1.165, 1.54) is 0 Å². The lowest BCUT2D eigenvalue weighted by Crippen LogP contribution is -1.99. The summed E-state index contributed by atoms with van der Waals surface area (Å²) in [6, 6.07) is 17.1. The Kier molecular flexibility index (Phi) is 5.49. The molecule has 3 aromatic carbocycles. The molecule has 1 aromatic heterocycles. The summed E-state index contributed by atoms with van der Waals surface area (Å²) in [6.07, 6.45) is 0. The molecule has 0 amide bonds. The van der Waals surface area contributed by atoms with Crippen LogP contribution in [-0.4, -0.2) is 17.1 Å². The van der Waals surface area contributed by atoms with Gasteiger partial charge in [-0.3, -0.25) is 0 Å². The van der Waals surface area contributed by atoms with Crippen LogP contribution in [0.25, 0.3) is 22.4 Å². The molecule has 0 radical (unpaired) electrons. The van der Waals surface area contributed by atoms with Crippen LogP contribution >= 0.6 is 39.1 Å². The van der Waals surface area contributed by atoms with Crippen molar-refractivity contribution in [3.8, 4) is 22.9 Å². The normalized spacial score (nSPS) is 11.0. The third-order valence-electron chi connectivity index (χ3n) is 4.26. The van der Waals surface area contributed by atoms with Gasteiger partial charge in [0.05, 0.1) is 32.7 Å². The average Bonchev–Trinajstić information content (AvgIpc) is 3.13. The summed E-state index contributed by atoms with van der Waals surface area (Å²) in [5.74, 6) is 1.97. The van der Waals surface area contributed by atoms with Gasteiger partial charge in [0, 0.05) is 5.56 Å². The van der Waals surface area contributed by atoms with E-state index in [-0.39, 0.29) is 0 Å². The zero-order valence-electron chi connectivity index (χ0n) is 14.8. The summed E-state index contributed by atoms with van der Waals surface area (Å²) >= 11 is 15.6. The molecule has 0 saturated carbocycles. The van der Waals surface area contributed by atoms with Crippen molar-refractivity contribution in [1.82, 2.24) is 9.97 Å². The number of fused-ring (bicyclic) bond motifs is 1. The van der Waals surface area contributed by atoms with Crippen LogP contribution in [0.4, 0.5) is 0 Å². The quantitative estimate of drug-likeness (QED) is 0.340. The first-order valence-corrected chi connectivity index (χ1v) is 9.99. The van der Waals surface area contributed by atoms with E-state index in [1.807, 2.05) is 42.5 Å². The summed E-state index contributed by atoms with van der Waals surface area (Å²) in [5.41, 5.74) is 3.69. The van der Waals surface area contributed by atoms with Gasteiger partial charge in [-0.15, -0.1) is 0 Å². The number of hydrogen-bond acceptors (Lipinski definition) is 3. The highest BCUT2D eigenvalue weighted by Crippen LogP contribution is 2.40. The van der Waals surface area contributed by atoms with E-state index in [2.05, 4.69) is 25.9 Å². The number of benzene rings is 3. The third kappa shape index (κ3) is 3.83. The van der Waals surface area contributed by atoms with Crippen LogP contribution in [0.1, 0.15) is 5.56 Å². The summed E-state index contributed by atoms with van der Waals surface area (Å²) in [6.45, 7) is 0.329. The zero-order valence-corrected chi connectivity index (χ0v) is 17.9. The molecule has 0 spiro atoms. The van der Waals surface area contributed by atoms with Gasteiger partial charge in [-0.2, -0.15) is 0 Å². The highest BCUT2D eigenvalue weighted by atomic mass is 79.9. The molecule has 0 aliphatic heterocycles. The Hall–Kier alpha value is -2.21. The fourth-order valence-electron chi connectivity index (χ4n) is 2.87. The molecule has 0 atom stereocenters. The monoisotopic (exact) mass is 476 g/mol. The molecule has 1 heterocycles. The minimum absolute atomic E-state index is 0.329. The van der Waals surface area contributed by atoms with E-state index in [0.717, 1.165) is 32.5 Å². The smallest absolute Gasteiger partial charge is 0.175 e. The number of hydrogen-bond donors (Lipinski definition) is 1. The van der Waals surface area contributed by atoms with E-state index >= 15 is 0 Å². The Labute approximate surface area is 180 Å². The molecule has 1 N–H and O–H groups in total. The molecule has 0 fully saturated rings. The number of methoxy groups -OCH3 is 1. The predicted octanol–water partition coefficient (Wildman–Crippen LogP) is 6.89. The van der Waals surface area contributed by atoms with Crippen LogP contribution < -0.4 is 9.47 Å². The van der Waals surface area contributed by atoms with Crippen molar-refractivity contribution in [1.29, 1.82) is 0 Å². The summed E-state index contributed by atoms with van der Waals surface area (Å²) in [5, 5.41) is 1.01. The van der Waals surface area contributed by atoms with Gasteiger partial charge in [0.1, 0.15) is 12.4 Å². The summed E-state index contributed by atoms with van der Waals surface area (Å²) in [4.78, 5) is 7.96. The number of ether oxygens (including phenoxy) is 2. The van der Waals surface area contributed by atoms with E-state index in [0.29, 0.717) is 28.2 Å². The Morgan fingerprint density at radius 3 is 2.61 bits per heavy atom. The van der Waals surface area contributed by atoms with Gasteiger partial charge < -0.3 is 14.5 Å².